The highest BCUT2D eigenvalue weighted by atomic mass is 16.5. The highest BCUT2D eigenvalue weighted by Crippen LogP contribution is 2.13. The Balaban J connectivity index is 1.89. The van der Waals surface area contributed by atoms with Gasteiger partial charge in [0.2, 0.25) is 5.89 Å². The van der Waals surface area contributed by atoms with Crippen LogP contribution in [0.2, 0.25) is 0 Å². The Morgan fingerprint density at radius 3 is 2.69 bits per heavy atom. The fourth-order valence-electron chi connectivity index (χ4n) is 1.85. The van der Waals surface area contributed by atoms with Crippen LogP contribution in [0.25, 0.3) is 0 Å². The van der Waals surface area contributed by atoms with E-state index in [1.54, 1.807) is 0 Å². The molecule has 6 heteroatoms. The molecule has 0 amide bonds. The number of aromatic nitrogens is 2. The van der Waals surface area contributed by atoms with Crippen molar-refractivity contribution in [2.45, 2.75) is 38.5 Å². The van der Waals surface area contributed by atoms with Crippen molar-refractivity contribution in [3.63, 3.8) is 0 Å². The number of β-amino-alcohol motifs (C(OH)–C–C–N with tert-alkyl or cyclic N) is 2. The van der Waals surface area contributed by atoms with Crippen LogP contribution in [0, 0.1) is 0 Å². The van der Waals surface area contributed by atoms with Crippen LogP contribution in [0.5, 0.6) is 0 Å². The molecule has 0 aromatic carbocycles. The molecule has 1 fully saturated rings. The summed E-state index contributed by atoms with van der Waals surface area (Å²) in [7, 11) is 0. The van der Waals surface area contributed by atoms with Gasteiger partial charge in [-0.1, -0.05) is 12.1 Å². The van der Waals surface area contributed by atoms with Gasteiger partial charge in [0.1, 0.15) is 0 Å². The Labute approximate surface area is 93.9 Å². The standard InChI is InChI=1S/C10H17N3O3/c1-2-3-9-11-10(16-12-9)6-13-4-7(14)8(15)5-13/h7-8,14-15H,2-6H2,1H3/t7-,8+. The second-order valence-electron chi connectivity index (χ2n) is 4.18. The molecule has 1 saturated heterocycles. The summed E-state index contributed by atoms with van der Waals surface area (Å²) in [4.78, 5) is 6.13. The van der Waals surface area contributed by atoms with E-state index in [2.05, 4.69) is 17.1 Å². The van der Waals surface area contributed by atoms with Crippen molar-refractivity contribution in [3.05, 3.63) is 11.7 Å². The fraction of sp³-hybridized carbons (Fsp3) is 0.800. The van der Waals surface area contributed by atoms with E-state index in [1.165, 1.54) is 0 Å². The van der Waals surface area contributed by atoms with Crippen LogP contribution in [-0.4, -0.2) is 50.6 Å². The van der Waals surface area contributed by atoms with Gasteiger partial charge in [-0.15, -0.1) is 0 Å². The smallest absolute Gasteiger partial charge is 0.240 e. The average molecular weight is 227 g/mol. The van der Waals surface area contributed by atoms with Gasteiger partial charge >= 0.3 is 0 Å². The lowest BCUT2D eigenvalue weighted by Gasteiger charge is -2.10. The first kappa shape index (κ1) is 11.5. The third-order valence-corrected chi connectivity index (χ3v) is 2.68. The third-order valence-electron chi connectivity index (χ3n) is 2.68. The van der Waals surface area contributed by atoms with Crippen molar-refractivity contribution in [2.24, 2.45) is 0 Å². The zero-order valence-electron chi connectivity index (χ0n) is 9.33. The number of aliphatic hydroxyl groups is 2. The molecule has 2 atom stereocenters. The first-order valence-electron chi connectivity index (χ1n) is 5.59. The molecule has 16 heavy (non-hydrogen) atoms. The number of aliphatic hydroxyl groups excluding tert-OH is 2. The van der Waals surface area contributed by atoms with Gasteiger partial charge in [-0.3, -0.25) is 4.90 Å². The molecule has 90 valence electrons. The number of rotatable bonds is 4. The van der Waals surface area contributed by atoms with Gasteiger partial charge in [-0.05, 0) is 6.42 Å². The SMILES string of the molecule is CCCc1noc(CN2C[C@@H](O)[C@@H](O)C2)n1. The lowest BCUT2D eigenvalue weighted by molar-refractivity contribution is 0.0572. The average Bonchev–Trinajstić information content (AvgIpc) is 2.77. The maximum absolute atomic E-state index is 9.38. The maximum Gasteiger partial charge on any atom is 0.240 e. The van der Waals surface area contributed by atoms with Crippen molar-refractivity contribution >= 4 is 0 Å². The van der Waals surface area contributed by atoms with Gasteiger partial charge in [0, 0.05) is 19.5 Å². The molecule has 0 spiro atoms. The van der Waals surface area contributed by atoms with Crippen LogP contribution < -0.4 is 0 Å². The van der Waals surface area contributed by atoms with Crippen LogP contribution in [0.15, 0.2) is 4.52 Å². The molecule has 0 bridgehead atoms. The van der Waals surface area contributed by atoms with E-state index in [1.807, 2.05) is 4.90 Å². The number of hydrogen-bond acceptors (Lipinski definition) is 6. The number of aryl methyl sites for hydroxylation is 1. The maximum atomic E-state index is 9.38. The van der Waals surface area contributed by atoms with Gasteiger partial charge in [0.15, 0.2) is 5.82 Å². The molecule has 1 aliphatic heterocycles. The lowest BCUT2D eigenvalue weighted by atomic mass is 10.3. The van der Waals surface area contributed by atoms with Crippen molar-refractivity contribution < 1.29 is 14.7 Å². The zero-order chi connectivity index (χ0) is 11.5. The van der Waals surface area contributed by atoms with Crippen LogP contribution in [-0.2, 0) is 13.0 Å². The topological polar surface area (TPSA) is 82.6 Å². The minimum Gasteiger partial charge on any atom is -0.389 e. The predicted octanol–water partition coefficient (Wildman–Crippen LogP) is -0.441. The number of likely N-dealkylation sites (tertiary alicyclic amines) is 1. The van der Waals surface area contributed by atoms with Gasteiger partial charge in [0.05, 0.1) is 18.8 Å². The summed E-state index contributed by atoms with van der Waals surface area (Å²) < 4.78 is 5.08. The van der Waals surface area contributed by atoms with Gasteiger partial charge in [-0.25, -0.2) is 0 Å². The summed E-state index contributed by atoms with van der Waals surface area (Å²) in [5.41, 5.74) is 0. The molecule has 2 N–H and O–H groups in total. The quantitative estimate of drug-likeness (QED) is 0.725. The Morgan fingerprint density at radius 1 is 1.38 bits per heavy atom. The molecule has 0 saturated carbocycles. The third kappa shape index (κ3) is 2.58. The summed E-state index contributed by atoms with van der Waals surface area (Å²) in [6, 6.07) is 0. The fourth-order valence-corrected chi connectivity index (χ4v) is 1.85. The molecule has 2 rings (SSSR count). The van der Waals surface area contributed by atoms with Crippen molar-refractivity contribution in [3.8, 4) is 0 Å². The molecule has 1 aromatic rings. The molecule has 1 aromatic heterocycles. The second-order valence-corrected chi connectivity index (χ2v) is 4.18. The summed E-state index contributed by atoms with van der Waals surface area (Å²) in [5, 5.41) is 22.6. The summed E-state index contributed by atoms with van der Waals surface area (Å²) in [6.45, 7) is 3.45. The van der Waals surface area contributed by atoms with Crippen LogP contribution in [0.4, 0.5) is 0 Å². The van der Waals surface area contributed by atoms with Crippen LogP contribution in [0.1, 0.15) is 25.1 Å². The van der Waals surface area contributed by atoms with Crippen molar-refractivity contribution in [2.75, 3.05) is 13.1 Å². The molecule has 6 nitrogen and oxygen atoms in total. The molecular weight excluding hydrogens is 210 g/mol. The predicted molar refractivity (Wildman–Crippen MR) is 55.6 cm³/mol. The molecule has 1 aliphatic rings. The van der Waals surface area contributed by atoms with E-state index in [0.29, 0.717) is 25.5 Å². The van der Waals surface area contributed by atoms with E-state index in [-0.39, 0.29) is 0 Å². The molecule has 0 radical (unpaired) electrons. The Hall–Kier alpha value is -0.980. The van der Waals surface area contributed by atoms with E-state index in [9.17, 15) is 10.2 Å². The number of nitrogens with zero attached hydrogens (tertiary/aromatic N) is 3. The summed E-state index contributed by atoms with van der Waals surface area (Å²) >= 11 is 0. The largest absolute Gasteiger partial charge is 0.389 e. The van der Waals surface area contributed by atoms with E-state index >= 15 is 0 Å². The Bertz CT molecular complexity index is 332. The molecule has 2 heterocycles. The summed E-state index contributed by atoms with van der Waals surface area (Å²) in [6.07, 6.45) is 0.463. The van der Waals surface area contributed by atoms with Crippen LogP contribution in [0.3, 0.4) is 0 Å². The summed E-state index contributed by atoms with van der Waals surface area (Å²) in [5.74, 6) is 1.27. The minimum absolute atomic E-state index is 0.451. The van der Waals surface area contributed by atoms with E-state index in [0.717, 1.165) is 18.7 Å². The highest BCUT2D eigenvalue weighted by Gasteiger charge is 2.30. The zero-order valence-corrected chi connectivity index (χ0v) is 9.33. The monoisotopic (exact) mass is 227 g/mol. The van der Waals surface area contributed by atoms with Gasteiger partial charge < -0.3 is 14.7 Å². The second kappa shape index (κ2) is 4.90. The first-order chi connectivity index (χ1) is 7.69. The van der Waals surface area contributed by atoms with Gasteiger partial charge in [-0.2, -0.15) is 4.98 Å². The highest BCUT2D eigenvalue weighted by molar-refractivity contribution is 4.90. The van der Waals surface area contributed by atoms with Gasteiger partial charge in [0.25, 0.3) is 0 Å². The first-order valence-corrected chi connectivity index (χ1v) is 5.59. The normalized spacial score (nSPS) is 26.4. The molecular formula is C10H17N3O3. The lowest BCUT2D eigenvalue weighted by Crippen LogP contribution is -2.22. The molecule has 0 unspecified atom stereocenters. The van der Waals surface area contributed by atoms with E-state index in [4.69, 9.17) is 4.52 Å². The Morgan fingerprint density at radius 2 is 2.06 bits per heavy atom. The Kier molecular flexibility index (Phi) is 3.52. The van der Waals surface area contributed by atoms with Crippen LogP contribution >= 0.6 is 0 Å². The van der Waals surface area contributed by atoms with Crippen molar-refractivity contribution in [1.82, 2.24) is 15.0 Å². The molecule has 0 aliphatic carbocycles. The number of hydrogen-bond donors (Lipinski definition) is 2. The van der Waals surface area contributed by atoms with Crippen molar-refractivity contribution in [1.29, 1.82) is 0 Å². The minimum atomic E-state index is -0.668. The van der Waals surface area contributed by atoms with E-state index < -0.39 is 12.2 Å².